The van der Waals surface area contributed by atoms with Crippen molar-refractivity contribution in [2.75, 3.05) is 5.32 Å². The fraction of sp³-hybridized carbons (Fsp3) is 0.0952. The molecule has 0 aliphatic rings. The van der Waals surface area contributed by atoms with Gasteiger partial charge in [0.25, 0.3) is 0 Å². The van der Waals surface area contributed by atoms with E-state index in [-0.39, 0.29) is 11.9 Å². The Morgan fingerprint density at radius 2 is 1.97 bits per heavy atom. The molecule has 1 atom stereocenters. The molecule has 7 nitrogen and oxygen atoms in total. The van der Waals surface area contributed by atoms with Crippen LogP contribution in [0.4, 0.5) is 10.2 Å². The summed E-state index contributed by atoms with van der Waals surface area (Å²) in [7, 11) is 0. The number of nitrogens with one attached hydrogen (secondary N) is 2. The van der Waals surface area contributed by atoms with Crippen LogP contribution in [0.1, 0.15) is 18.5 Å². The number of aromatic nitrogens is 6. The maximum atomic E-state index is 14.1. The zero-order valence-electron chi connectivity index (χ0n) is 15.5. The Morgan fingerprint density at radius 1 is 1.03 bits per heavy atom. The molecule has 0 bridgehead atoms. The molecule has 142 valence electrons. The third kappa shape index (κ3) is 3.04. The number of fused-ring (bicyclic) bond motifs is 2. The van der Waals surface area contributed by atoms with Crippen molar-refractivity contribution in [1.82, 2.24) is 29.9 Å². The molecule has 4 aromatic heterocycles. The van der Waals surface area contributed by atoms with Crippen molar-refractivity contribution in [2.24, 2.45) is 0 Å². The van der Waals surface area contributed by atoms with Gasteiger partial charge in [0.15, 0.2) is 11.5 Å². The molecular weight excluding hydrogens is 369 g/mol. The van der Waals surface area contributed by atoms with Gasteiger partial charge in [-0.15, -0.1) is 0 Å². The van der Waals surface area contributed by atoms with Gasteiger partial charge < -0.3 is 10.3 Å². The van der Waals surface area contributed by atoms with Crippen molar-refractivity contribution in [2.45, 2.75) is 13.0 Å². The third-order valence-corrected chi connectivity index (χ3v) is 4.82. The predicted octanol–water partition coefficient (Wildman–Crippen LogP) is 4.28. The van der Waals surface area contributed by atoms with Crippen molar-refractivity contribution < 1.29 is 4.39 Å². The molecule has 0 aliphatic carbocycles. The molecule has 0 saturated heterocycles. The summed E-state index contributed by atoms with van der Waals surface area (Å²) >= 11 is 0. The van der Waals surface area contributed by atoms with E-state index in [4.69, 9.17) is 0 Å². The maximum Gasteiger partial charge on any atom is 0.162 e. The number of hydrogen-bond acceptors (Lipinski definition) is 6. The highest BCUT2D eigenvalue weighted by Crippen LogP contribution is 2.35. The van der Waals surface area contributed by atoms with E-state index in [1.165, 1.54) is 18.5 Å². The highest BCUT2D eigenvalue weighted by Gasteiger charge is 2.19. The van der Waals surface area contributed by atoms with E-state index >= 15 is 0 Å². The second-order valence-corrected chi connectivity index (χ2v) is 6.65. The summed E-state index contributed by atoms with van der Waals surface area (Å²) in [5.41, 5.74) is 4.48. The SMILES string of the molecule is CC(Nc1ncnc2[nH]cnc12)c1cnc2ccc(F)cc2c1-c1ccccn1. The summed E-state index contributed by atoms with van der Waals surface area (Å²) in [6.45, 7) is 2.00. The Bertz CT molecular complexity index is 1320. The average Bonchev–Trinajstić information content (AvgIpc) is 3.23. The van der Waals surface area contributed by atoms with Crippen LogP contribution in [0.25, 0.3) is 33.3 Å². The summed E-state index contributed by atoms with van der Waals surface area (Å²) in [4.78, 5) is 24.8. The van der Waals surface area contributed by atoms with Gasteiger partial charge >= 0.3 is 0 Å². The van der Waals surface area contributed by atoms with Gasteiger partial charge in [0, 0.05) is 28.9 Å². The minimum absolute atomic E-state index is 0.193. The van der Waals surface area contributed by atoms with Gasteiger partial charge in [0.2, 0.25) is 0 Å². The Hall–Kier alpha value is -3.94. The molecule has 0 radical (unpaired) electrons. The van der Waals surface area contributed by atoms with Crippen molar-refractivity contribution >= 4 is 27.9 Å². The predicted molar refractivity (Wildman–Crippen MR) is 109 cm³/mol. The smallest absolute Gasteiger partial charge is 0.162 e. The van der Waals surface area contributed by atoms with Crippen LogP contribution in [0.15, 0.2) is 61.4 Å². The second kappa shape index (κ2) is 6.90. The van der Waals surface area contributed by atoms with Gasteiger partial charge in [-0.2, -0.15) is 0 Å². The third-order valence-electron chi connectivity index (χ3n) is 4.82. The summed E-state index contributed by atoms with van der Waals surface area (Å²) in [5.74, 6) is 0.290. The Morgan fingerprint density at radius 3 is 2.83 bits per heavy atom. The molecule has 5 aromatic rings. The molecule has 2 N–H and O–H groups in total. The molecule has 8 heteroatoms. The van der Waals surface area contributed by atoms with E-state index in [9.17, 15) is 4.39 Å². The number of hydrogen-bond donors (Lipinski definition) is 2. The van der Waals surface area contributed by atoms with Crippen LogP contribution in [0.3, 0.4) is 0 Å². The van der Waals surface area contributed by atoms with Crippen molar-refractivity contribution in [3.05, 3.63) is 72.8 Å². The number of aromatic amines is 1. The Balaban J connectivity index is 1.67. The van der Waals surface area contributed by atoms with Crippen LogP contribution in [-0.2, 0) is 0 Å². The molecule has 1 unspecified atom stereocenters. The van der Waals surface area contributed by atoms with E-state index in [0.717, 1.165) is 16.8 Å². The fourth-order valence-corrected chi connectivity index (χ4v) is 3.46. The van der Waals surface area contributed by atoms with Crippen LogP contribution >= 0.6 is 0 Å². The van der Waals surface area contributed by atoms with E-state index in [1.54, 1.807) is 24.8 Å². The zero-order valence-corrected chi connectivity index (χ0v) is 15.5. The van der Waals surface area contributed by atoms with Gasteiger partial charge in [0.1, 0.15) is 17.7 Å². The maximum absolute atomic E-state index is 14.1. The minimum atomic E-state index is -0.316. The first-order chi connectivity index (χ1) is 14.2. The van der Waals surface area contributed by atoms with E-state index < -0.39 is 0 Å². The summed E-state index contributed by atoms with van der Waals surface area (Å²) in [5, 5.41) is 4.09. The molecule has 5 rings (SSSR count). The van der Waals surface area contributed by atoms with Gasteiger partial charge in [0.05, 0.1) is 23.6 Å². The highest BCUT2D eigenvalue weighted by molar-refractivity contribution is 5.95. The average molecular weight is 385 g/mol. The van der Waals surface area contributed by atoms with E-state index in [2.05, 4.69) is 35.2 Å². The van der Waals surface area contributed by atoms with Crippen LogP contribution in [0.5, 0.6) is 0 Å². The fourth-order valence-electron chi connectivity index (χ4n) is 3.46. The zero-order chi connectivity index (χ0) is 19.8. The normalized spacial score (nSPS) is 12.3. The summed E-state index contributed by atoms with van der Waals surface area (Å²) in [6.07, 6.45) is 6.57. The molecular formula is C21H16FN7. The number of H-pyrrole nitrogens is 1. The quantitative estimate of drug-likeness (QED) is 0.480. The molecule has 0 fully saturated rings. The van der Waals surface area contributed by atoms with Gasteiger partial charge in [-0.3, -0.25) is 9.97 Å². The van der Waals surface area contributed by atoms with E-state index in [0.29, 0.717) is 27.9 Å². The molecule has 0 saturated carbocycles. The molecule has 29 heavy (non-hydrogen) atoms. The molecule has 4 heterocycles. The second-order valence-electron chi connectivity index (χ2n) is 6.65. The standard InChI is InChI=1S/C21H16FN7/c1-12(29-21-19-20(26-10-25-19)27-11-28-21)15-9-24-16-6-5-13(22)8-14(16)18(15)17-4-2-3-7-23-17/h2-12H,1H3,(H2,25,26,27,28,29). The van der Waals surface area contributed by atoms with Gasteiger partial charge in [-0.1, -0.05) is 6.07 Å². The lowest BCUT2D eigenvalue weighted by Crippen LogP contribution is -2.11. The lowest BCUT2D eigenvalue weighted by molar-refractivity contribution is 0.629. The largest absolute Gasteiger partial charge is 0.362 e. The minimum Gasteiger partial charge on any atom is -0.362 e. The number of pyridine rings is 2. The van der Waals surface area contributed by atoms with Crippen LogP contribution in [-0.4, -0.2) is 29.9 Å². The van der Waals surface area contributed by atoms with Gasteiger partial charge in [-0.25, -0.2) is 19.3 Å². The summed E-state index contributed by atoms with van der Waals surface area (Å²) in [6, 6.07) is 10.1. The molecule has 1 aromatic carbocycles. The van der Waals surface area contributed by atoms with Crippen LogP contribution in [0.2, 0.25) is 0 Å². The monoisotopic (exact) mass is 385 g/mol. The van der Waals surface area contributed by atoms with Crippen LogP contribution in [0, 0.1) is 5.82 Å². The van der Waals surface area contributed by atoms with Crippen molar-refractivity contribution in [3.63, 3.8) is 0 Å². The van der Waals surface area contributed by atoms with E-state index in [1.807, 2.05) is 25.1 Å². The number of anilines is 1. The molecule has 0 aliphatic heterocycles. The van der Waals surface area contributed by atoms with Gasteiger partial charge in [-0.05, 0) is 37.3 Å². The topological polar surface area (TPSA) is 92.3 Å². The first-order valence-electron chi connectivity index (χ1n) is 9.11. The Labute approximate surface area is 165 Å². The number of imidazole rings is 1. The number of nitrogens with zero attached hydrogens (tertiary/aromatic N) is 5. The molecule has 0 amide bonds. The highest BCUT2D eigenvalue weighted by atomic mass is 19.1. The number of benzene rings is 1. The Kier molecular flexibility index (Phi) is 4.09. The van der Waals surface area contributed by atoms with Crippen LogP contribution < -0.4 is 5.32 Å². The van der Waals surface area contributed by atoms with Crippen molar-refractivity contribution in [1.29, 1.82) is 0 Å². The van der Waals surface area contributed by atoms with Crippen molar-refractivity contribution in [3.8, 4) is 11.3 Å². The summed E-state index contributed by atoms with van der Waals surface area (Å²) < 4.78 is 14.1. The first-order valence-corrected chi connectivity index (χ1v) is 9.11. The molecule has 0 spiro atoms. The lowest BCUT2D eigenvalue weighted by atomic mass is 9.96. The first kappa shape index (κ1) is 17.2. The lowest BCUT2D eigenvalue weighted by Gasteiger charge is -2.19. The number of halogens is 1. The number of rotatable bonds is 4.